The quantitative estimate of drug-likeness (QED) is 0.616. The molecule has 0 bridgehead atoms. The van der Waals surface area contributed by atoms with Crippen molar-refractivity contribution in [2.24, 2.45) is 0 Å². The van der Waals surface area contributed by atoms with Crippen molar-refractivity contribution in [1.82, 2.24) is 10.2 Å². The molecule has 1 atom stereocenters. The first-order valence-electron chi connectivity index (χ1n) is 11.0. The number of nitrogens with one attached hydrogen (secondary N) is 1. The van der Waals surface area contributed by atoms with E-state index in [4.69, 9.17) is 16.3 Å². The third-order valence-electron chi connectivity index (χ3n) is 5.76. The topological polar surface area (TPSA) is 58.6 Å². The highest BCUT2D eigenvalue weighted by Crippen LogP contribution is 2.19. The Morgan fingerprint density at radius 2 is 1.84 bits per heavy atom. The lowest BCUT2D eigenvalue weighted by atomic mass is 9.95. The van der Waals surface area contributed by atoms with Gasteiger partial charge in [-0.3, -0.25) is 9.59 Å². The van der Waals surface area contributed by atoms with Crippen LogP contribution in [0.5, 0.6) is 5.75 Å². The molecule has 1 aliphatic rings. The van der Waals surface area contributed by atoms with Crippen LogP contribution in [0, 0.1) is 0 Å². The molecular weight excluding hydrogens is 412 g/mol. The van der Waals surface area contributed by atoms with Gasteiger partial charge in [-0.25, -0.2) is 0 Å². The van der Waals surface area contributed by atoms with Gasteiger partial charge in [-0.05, 0) is 49.9 Å². The maximum absolute atomic E-state index is 13.0. The lowest BCUT2D eigenvalue weighted by molar-refractivity contribution is -0.141. The zero-order chi connectivity index (χ0) is 22.1. The number of rotatable bonds is 9. The number of hydrogen-bond donors (Lipinski definition) is 1. The number of hydrogen-bond acceptors (Lipinski definition) is 3. The van der Waals surface area contributed by atoms with Crippen molar-refractivity contribution >= 4 is 23.4 Å². The molecule has 5 nitrogen and oxygen atoms in total. The first-order chi connectivity index (χ1) is 15.0. The van der Waals surface area contributed by atoms with Gasteiger partial charge in [0.15, 0.2) is 6.61 Å². The van der Waals surface area contributed by atoms with E-state index in [0.29, 0.717) is 23.7 Å². The second-order valence-corrected chi connectivity index (χ2v) is 8.52. The molecule has 6 heteroatoms. The fourth-order valence-corrected chi connectivity index (χ4v) is 4.10. The number of benzene rings is 2. The van der Waals surface area contributed by atoms with Gasteiger partial charge in [0.25, 0.3) is 5.91 Å². The van der Waals surface area contributed by atoms with Crippen LogP contribution >= 0.6 is 11.6 Å². The third kappa shape index (κ3) is 7.28. The molecule has 2 amide bonds. The third-order valence-corrected chi connectivity index (χ3v) is 6.00. The summed E-state index contributed by atoms with van der Waals surface area (Å²) in [5.74, 6) is 0.210. The highest BCUT2D eigenvalue weighted by Gasteiger charge is 2.28. The number of nitrogens with zero attached hydrogens (tertiary/aromatic N) is 1. The summed E-state index contributed by atoms with van der Waals surface area (Å²) in [5.41, 5.74) is 1.12. The van der Waals surface area contributed by atoms with Crippen LogP contribution in [-0.2, 0) is 16.0 Å². The molecule has 31 heavy (non-hydrogen) atoms. The average molecular weight is 443 g/mol. The van der Waals surface area contributed by atoms with E-state index in [2.05, 4.69) is 5.32 Å². The van der Waals surface area contributed by atoms with Gasteiger partial charge >= 0.3 is 0 Å². The lowest BCUT2D eigenvalue weighted by Gasteiger charge is -2.31. The van der Waals surface area contributed by atoms with Crippen LogP contribution in [0.2, 0.25) is 5.02 Å². The number of amides is 2. The highest BCUT2D eigenvalue weighted by atomic mass is 35.5. The molecule has 0 heterocycles. The molecule has 0 aliphatic heterocycles. The summed E-state index contributed by atoms with van der Waals surface area (Å²) in [5, 5.41) is 3.69. The van der Waals surface area contributed by atoms with Crippen LogP contribution < -0.4 is 10.1 Å². The molecule has 166 valence electrons. The van der Waals surface area contributed by atoms with E-state index in [-0.39, 0.29) is 24.5 Å². The molecule has 0 radical (unpaired) electrons. The molecular formula is C25H31ClN2O3. The second-order valence-electron chi connectivity index (χ2n) is 8.09. The molecule has 2 aromatic carbocycles. The Labute approximate surface area is 189 Å². The minimum atomic E-state index is -0.568. The van der Waals surface area contributed by atoms with Crippen LogP contribution in [0.1, 0.15) is 44.6 Å². The summed E-state index contributed by atoms with van der Waals surface area (Å²) >= 11 is 6.00. The molecule has 1 N–H and O–H groups in total. The standard InChI is InChI=1S/C25H31ClN2O3/c1-19(25(30)27-22-12-6-3-7-13-22)28(16-15-20-9-4-2-5-10-20)24(29)18-31-23-14-8-11-21(26)17-23/h2,4-5,8-11,14,17,19,22H,3,6-7,12-13,15-16,18H2,1H3,(H,27,30). The zero-order valence-electron chi connectivity index (χ0n) is 18.1. The van der Waals surface area contributed by atoms with Crippen molar-refractivity contribution in [2.45, 2.75) is 57.5 Å². The van der Waals surface area contributed by atoms with E-state index in [1.54, 1.807) is 36.1 Å². The Morgan fingerprint density at radius 1 is 1.10 bits per heavy atom. The van der Waals surface area contributed by atoms with E-state index >= 15 is 0 Å². The fourth-order valence-electron chi connectivity index (χ4n) is 3.92. The Morgan fingerprint density at radius 3 is 2.55 bits per heavy atom. The number of carbonyl (C=O) groups is 2. The predicted molar refractivity (Wildman–Crippen MR) is 123 cm³/mol. The van der Waals surface area contributed by atoms with E-state index in [1.807, 2.05) is 30.3 Å². The zero-order valence-corrected chi connectivity index (χ0v) is 18.8. The maximum Gasteiger partial charge on any atom is 0.261 e. The van der Waals surface area contributed by atoms with Gasteiger partial charge in [-0.15, -0.1) is 0 Å². The molecule has 1 fully saturated rings. The molecule has 1 aliphatic carbocycles. The SMILES string of the molecule is CC(C(=O)NC1CCCCC1)N(CCc1ccccc1)C(=O)COc1cccc(Cl)c1. The Kier molecular flexibility index (Phi) is 8.77. The molecule has 0 aromatic heterocycles. The monoisotopic (exact) mass is 442 g/mol. The smallest absolute Gasteiger partial charge is 0.261 e. The second kappa shape index (κ2) is 11.8. The van der Waals surface area contributed by atoms with Crippen LogP contribution in [0.4, 0.5) is 0 Å². The minimum absolute atomic E-state index is 0.101. The van der Waals surface area contributed by atoms with E-state index < -0.39 is 6.04 Å². The largest absolute Gasteiger partial charge is 0.484 e. The Hall–Kier alpha value is -2.53. The van der Waals surface area contributed by atoms with Crippen LogP contribution in [0.15, 0.2) is 54.6 Å². The van der Waals surface area contributed by atoms with Gasteiger partial charge in [0.2, 0.25) is 5.91 Å². The maximum atomic E-state index is 13.0. The molecule has 0 saturated heterocycles. The van der Waals surface area contributed by atoms with Crippen molar-refractivity contribution in [3.63, 3.8) is 0 Å². The summed E-state index contributed by atoms with van der Waals surface area (Å²) in [6, 6.07) is 16.6. The summed E-state index contributed by atoms with van der Waals surface area (Å²) in [7, 11) is 0. The molecule has 1 saturated carbocycles. The van der Waals surface area contributed by atoms with Gasteiger partial charge in [0.05, 0.1) is 0 Å². The van der Waals surface area contributed by atoms with Crippen LogP contribution in [0.25, 0.3) is 0 Å². The lowest BCUT2D eigenvalue weighted by Crippen LogP contribution is -2.52. The van der Waals surface area contributed by atoms with Gasteiger partial charge < -0.3 is 15.0 Å². The van der Waals surface area contributed by atoms with E-state index in [0.717, 1.165) is 31.2 Å². The van der Waals surface area contributed by atoms with Crippen molar-refractivity contribution < 1.29 is 14.3 Å². The number of ether oxygens (including phenoxy) is 1. The van der Waals surface area contributed by atoms with Crippen molar-refractivity contribution in [1.29, 1.82) is 0 Å². The first-order valence-corrected chi connectivity index (χ1v) is 11.4. The average Bonchev–Trinajstić information content (AvgIpc) is 2.79. The summed E-state index contributed by atoms with van der Waals surface area (Å²) in [4.78, 5) is 27.6. The summed E-state index contributed by atoms with van der Waals surface area (Å²) < 4.78 is 5.65. The van der Waals surface area contributed by atoms with Gasteiger partial charge in [-0.2, -0.15) is 0 Å². The molecule has 2 aromatic rings. The summed E-state index contributed by atoms with van der Waals surface area (Å²) in [6.45, 7) is 2.09. The molecule has 3 rings (SSSR count). The molecule has 1 unspecified atom stereocenters. The Balaban J connectivity index is 1.64. The van der Waals surface area contributed by atoms with Gasteiger partial charge in [0.1, 0.15) is 11.8 Å². The van der Waals surface area contributed by atoms with Crippen molar-refractivity contribution in [3.05, 3.63) is 65.2 Å². The number of carbonyl (C=O) groups excluding carboxylic acids is 2. The highest BCUT2D eigenvalue weighted by molar-refractivity contribution is 6.30. The Bertz CT molecular complexity index is 853. The van der Waals surface area contributed by atoms with Crippen LogP contribution in [0.3, 0.4) is 0 Å². The fraction of sp³-hybridized carbons (Fsp3) is 0.440. The van der Waals surface area contributed by atoms with E-state index in [1.165, 1.54) is 6.42 Å². The predicted octanol–water partition coefficient (Wildman–Crippen LogP) is 4.63. The van der Waals surface area contributed by atoms with Gasteiger partial charge in [-0.1, -0.05) is 67.3 Å². The minimum Gasteiger partial charge on any atom is -0.484 e. The molecule has 0 spiro atoms. The van der Waals surface area contributed by atoms with Crippen LogP contribution in [-0.4, -0.2) is 41.9 Å². The van der Waals surface area contributed by atoms with Crippen molar-refractivity contribution in [2.75, 3.05) is 13.2 Å². The van der Waals surface area contributed by atoms with Crippen molar-refractivity contribution in [3.8, 4) is 5.75 Å². The first kappa shape index (κ1) is 23.1. The van der Waals surface area contributed by atoms with Gasteiger partial charge in [0, 0.05) is 17.6 Å². The summed E-state index contributed by atoms with van der Waals surface area (Å²) in [6.07, 6.45) is 6.20. The number of halogens is 1. The normalized spacial score (nSPS) is 15.2. The van der Waals surface area contributed by atoms with E-state index in [9.17, 15) is 9.59 Å².